The van der Waals surface area contributed by atoms with Gasteiger partial charge < -0.3 is 23.9 Å². The van der Waals surface area contributed by atoms with Crippen molar-refractivity contribution < 1.29 is 19.0 Å². The first-order valence-electron chi connectivity index (χ1n) is 8.82. The number of nitrogens with one attached hydrogen (secondary N) is 1. The summed E-state index contributed by atoms with van der Waals surface area (Å²) in [4.78, 5) is 16.5. The number of pyridine rings is 1. The molecule has 27 heavy (non-hydrogen) atoms. The third-order valence-electron chi connectivity index (χ3n) is 3.91. The van der Waals surface area contributed by atoms with Gasteiger partial charge in [0.2, 0.25) is 0 Å². The predicted molar refractivity (Wildman–Crippen MR) is 102 cm³/mol. The van der Waals surface area contributed by atoms with Crippen LogP contribution in [0.1, 0.15) is 12.6 Å². The lowest BCUT2D eigenvalue weighted by Gasteiger charge is -2.08. The van der Waals surface area contributed by atoms with Gasteiger partial charge in [0.15, 0.2) is 18.0 Å². The fraction of sp³-hybridized carbons (Fsp3) is 0.300. The van der Waals surface area contributed by atoms with E-state index in [9.17, 15) is 4.79 Å². The molecule has 0 fully saturated rings. The first kappa shape index (κ1) is 18.6. The van der Waals surface area contributed by atoms with E-state index >= 15 is 0 Å². The molecule has 3 aromatic rings. The summed E-state index contributed by atoms with van der Waals surface area (Å²) in [7, 11) is 1.59. The Balaban J connectivity index is 1.48. The smallest absolute Gasteiger partial charge is 0.257 e. The number of carbonyl (C=O) groups is 1. The zero-order chi connectivity index (χ0) is 19.1. The molecule has 0 atom stereocenters. The summed E-state index contributed by atoms with van der Waals surface area (Å²) in [6, 6.07) is 11.0. The number of rotatable bonds is 9. The monoisotopic (exact) mass is 369 g/mol. The Bertz CT molecular complexity index is 907. The third kappa shape index (κ3) is 4.91. The van der Waals surface area contributed by atoms with Crippen LogP contribution in [0, 0.1) is 0 Å². The molecule has 0 aliphatic heterocycles. The standard InChI is InChI=1S/C20H23N3O4/c1-3-26-18-8-5-11-23-13-15(22-20(18)23)9-10-21-19(24)14-27-17-7-4-6-16(12-17)25-2/h4-8,11-13H,3,9-10,14H2,1-2H3,(H,21,24). The molecule has 0 unspecified atom stereocenters. The highest BCUT2D eigenvalue weighted by atomic mass is 16.5. The van der Waals surface area contributed by atoms with Crippen LogP contribution in [0.5, 0.6) is 17.2 Å². The molecule has 3 rings (SSSR count). The number of carbonyl (C=O) groups excluding carboxylic acids is 1. The topological polar surface area (TPSA) is 74.1 Å². The Morgan fingerprint density at radius 2 is 2.04 bits per heavy atom. The lowest BCUT2D eigenvalue weighted by molar-refractivity contribution is -0.123. The van der Waals surface area contributed by atoms with Crippen molar-refractivity contribution in [2.24, 2.45) is 0 Å². The average Bonchev–Trinajstić information content (AvgIpc) is 3.11. The summed E-state index contributed by atoms with van der Waals surface area (Å²) >= 11 is 0. The van der Waals surface area contributed by atoms with Gasteiger partial charge in [-0.05, 0) is 31.2 Å². The molecular formula is C20H23N3O4. The van der Waals surface area contributed by atoms with Gasteiger partial charge in [-0.15, -0.1) is 0 Å². The molecule has 1 N–H and O–H groups in total. The number of fused-ring (bicyclic) bond motifs is 1. The van der Waals surface area contributed by atoms with E-state index in [-0.39, 0.29) is 12.5 Å². The first-order chi connectivity index (χ1) is 13.2. The number of imidazole rings is 1. The molecule has 0 saturated carbocycles. The summed E-state index contributed by atoms with van der Waals surface area (Å²) in [5.41, 5.74) is 1.67. The molecule has 0 spiro atoms. The molecule has 7 nitrogen and oxygen atoms in total. The molecule has 0 bridgehead atoms. The maximum absolute atomic E-state index is 12.0. The molecular weight excluding hydrogens is 346 g/mol. The van der Waals surface area contributed by atoms with Crippen molar-refractivity contribution in [2.75, 3.05) is 26.9 Å². The Morgan fingerprint density at radius 3 is 2.85 bits per heavy atom. The molecule has 2 aromatic heterocycles. The van der Waals surface area contributed by atoms with Crippen molar-refractivity contribution in [3.8, 4) is 17.2 Å². The molecule has 1 amide bonds. The van der Waals surface area contributed by atoms with Gasteiger partial charge in [-0.3, -0.25) is 4.79 Å². The van der Waals surface area contributed by atoms with Gasteiger partial charge in [0, 0.05) is 31.4 Å². The van der Waals surface area contributed by atoms with E-state index in [1.807, 2.05) is 48.0 Å². The fourth-order valence-corrected chi connectivity index (χ4v) is 2.65. The second-order valence-electron chi connectivity index (χ2n) is 5.84. The lowest BCUT2D eigenvalue weighted by Crippen LogP contribution is -2.30. The van der Waals surface area contributed by atoms with Gasteiger partial charge in [0.25, 0.3) is 5.91 Å². The van der Waals surface area contributed by atoms with Gasteiger partial charge in [-0.2, -0.15) is 0 Å². The number of amides is 1. The Hall–Kier alpha value is -3.22. The zero-order valence-electron chi connectivity index (χ0n) is 15.5. The van der Waals surface area contributed by atoms with Crippen LogP contribution in [0.4, 0.5) is 0 Å². The molecule has 0 saturated heterocycles. The summed E-state index contributed by atoms with van der Waals surface area (Å²) in [5.74, 6) is 1.85. The number of methoxy groups -OCH3 is 1. The van der Waals surface area contributed by atoms with Crippen molar-refractivity contribution in [3.05, 3.63) is 54.5 Å². The van der Waals surface area contributed by atoms with E-state index in [0.717, 1.165) is 17.1 Å². The highest BCUT2D eigenvalue weighted by molar-refractivity contribution is 5.77. The summed E-state index contributed by atoms with van der Waals surface area (Å²) in [6.45, 7) is 2.96. The zero-order valence-corrected chi connectivity index (χ0v) is 15.5. The number of ether oxygens (including phenoxy) is 3. The van der Waals surface area contributed by atoms with Crippen LogP contribution in [0.15, 0.2) is 48.8 Å². The molecule has 0 aliphatic rings. The molecule has 7 heteroatoms. The average molecular weight is 369 g/mol. The van der Waals surface area contributed by atoms with Crippen LogP contribution in [-0.2, 0) is 11.2 Å². The van der Waals surface area contributed by atoms with E-state index in [0.29, 0.717) is 31.1 Å². The number of hydrogen-bond donors (Lipinski definition) is 1. The number of nitrogens with zero attached hydrogens (tertiary/aromatic N) is 2. The minimum absolute atomic E-state index is 0.0488. The van der Waals surface area contributed by atoms with Crippen LogP contribution >= 0.6 is 0 Å². The Labute approximate surface area is 157 Å². The second-order valence-corrected chi connectivity index (χ2v) is 5.84. The lowest BCUT2D eigenvalue weighted by atomic mass is 10.3. The van der Waals surface area contributed by atoms with Crippen LogP contribution in [0.3, 0.4) is 0 Å². The molecule has 2 heterocycles. The third-order valence-corrected chi connectivity index (χ3v) is 3.91. The van der Waals surface area contributed by atoms with Crippen molar-refractivity contribution in [3.63, 3.8) is 0 Å². The largest absolute Gasteiger partial charge is 0.497 e. The SMILES string of the molecule is CCOc1cccn2cc(CCNC(=O)COc3cccc(OC)c3)nc12. The van der Waals surface area contributed by atoms with Gasteiger partial charge in [0.05, 0.1) is 19.4 Å². The summed E-state index contributed by atoms with van der Waals surface area (Å²) < 4.78 is 18.1. The van der Waals surface area contributed by atoms with Crippen LogP contribution in [-0.4, -0.2) is 42.2 Å². The van der Waals surface area contributed by atoms with E-state index in [4.69, 9.17) is 14.2 Å². The highest BCUT2D eigenvalue weighted by Crippen LogP contribution is 2.19. The minimum Gasteiger partial charge on any atom is -0.497 e. The fourth-order valence-electron chi connectivity index (χ4n) is 2.65. The van der Waals surface area contributed by atoms with Crippen LogP contribution < -0.4 is 19.5 Å². The molecule has 0 aliphatic carbocycles. The van der Waals surface area contributed by atoms with Gasteiger partial charge in [-0.25, -0.2) is 4.98 Å². The number of benzene rings is 1. The van der Waals surface area contributed by atoms with E-state index in [2.05, 4.69) is 10.3 Å². The minimum atomic E-state index is -0.184. The van der Waals surface area contributed by atoms with Crippen molar-refractivity contribution >= 4 is 11.6 Å². The van der Waals surface area contributed by atoms with Gasteiger partial charge in [-0.1, -0.05) is 6.07 Å². The van der Waals surface area contributed by atoms with Gasteiger partial charge in [0.1, 0.15) is 11.5 Å². The van der Waals surface area contributed by atoms with Crippen molar-refractivity contribution in [1.82, 2.24) is 14.7 Å². The highest BCUT2D eigenvalue weighted by Gasteiger charge is 2.08. The normalized spacial score (nSPS) is 10.6. The Kier molecular flexibility index (Phi) is 6.14. The molecule has 1 aromatic carbocycles. The summed E-state index contributed by atoms with van der Waals surface area (Å²) in [5, 5.41) is 2.84. The second kappa shape index (κ2) is 8.93. The molecule has 142 valence electrons. The van der Waals surface area contributed by atoms with E-state index < -0.39 is 0 Å². The first-order valence-corrected chi connectivity index (χ1v) is 8.82. The molecule has 0 radical (unpaired) electrons. The van der Waals surface area contributed by atoms with Crippen LogP contribution in [0.25, 0.3) is 5.65 Å². The van der Waals surface area contributed by atoms with E-state index in [1.54, 1.807) is 19.2 Å². The van der Waals surface area contributed by atoms with Crippen LogP contribution in [0.2, 0.25) is 0 Å². The number of hydrogen-bond acceptors (Lipinski definition) is 5. The number of aromatic nitrogens is 2. The van der Waals surface area contributed by atoms with Gasteiger partial charge >= 0.3 is 0 Å². The maximum atomic E-state index is 12.0. The van der Waals surface area contributed by atoms with Crippen molar-refractivity contribution in [1.29, 1.82) is 0 Å². The predicted octanol–water partition coefficient (Wildman–Crippen LogP) is 2.48. The summed E-state index contributed by atoms with van der Waals surface area (Å²) in [6.07, 6.45) is 4.49. The quantitative estimate of drug-likeness (QED) is 0.627. The van der Waals surface area contributed by atoms with E-state index in [1.165, 1.54) is 0 Å². The Morgan fingerprint density at radius 1 is 1.19 bits per heavy atom. The maximum Gasteiger partial charge on any atom is 0.257 e. The van der Waals surface area contributed by atoms with Crippen molar-refractivity contribution in [2.45, 2.75) is 13.3 Å².